The minimum Gasteiger partial charge on any atom is -0.396 e. The van der Waals surface area contributed by atoms with E-state index in [9.17, 15) is 4.79 Å². The lowest BCUT2D eigenvalue weighted by molar-refractivity contribution is 0.0878. The van der Waals surface area contributed by atoms with Gasteiger partial charge in [0.2, 0.25) is 0 Å². The maximum atomic E-state index is 11.9. The van der Waals surface area contributed by atoms with Crippen LogP contribution >= 0.6 is 0 Å². The fourth-order valence-electron chi connectivity index (χ4n) is 1.64. The third kappa shape index (κ3) is 3.83. The normalized spacial score (nSPS) is 12.5. The molecule has 0 aliphatic rings. The van der Waals surface area contributed by atoms with Crippen molar-refractivity contribution in [2.45, 2.75) is 19.4 Å². The minimum absolute atomic E-state index is 0.0142. The van der Waals surface area contributed by atoms with Crippen LogP contribution in [0.15, 0.2) is 6.20 Å². The lowest BCUT2D eigenvalue weighted by Crippen LogP contribution is -2.38. The number of carbonyl (C=O) groups excluding carboxylic acids is 1. The number of hydrogen-bond acceptors (Lipinski definition) is 4. The van der Waals surface area contributed by atoms with Crippen LogP contribution in [0.25, 0.3) is 0 Å². The number of nitrogens with zero attached hydrogens (tertiary/aromatic N) is 2. The first-order chi connectivity index (χ1) is 8.08. The summed E-state index contributed by atoms with van der Waals surface area (Å²) in [5.74, 6) is -0.189. The van der Waals surface area contributed by atoms with Crippen molar-refractivity contribution in [3.63, 3.8) is 0 Å². The Kier molecular flexibility index (Phi) is 5.11. The molecular weight excluding hydrogens is 222 g/mol. The van der Waals surface area contributed by atoms with Crippen LogP contribution in [0.5, 0.6) is 0 Å². The van der Waals surface area contributed by atoms with Crippen molar-refractivity contribution in [3.8, 4) is 0 Å². The molecular formula is C11H19N3O3. The quantitative estimate of drug-likeness (QED) is 0.726. The zero-order valence-corrected chi connectivity index (χ0v) is 10.4. The van der Waals surface area contributed by atoms with Gasteiger partial charge in [0.15, 0.2) is 0 Å². The van der Waals surface area contributed by atoms with Gasteiger partial charge >= 0.3 is 0 Å². The highest BCUT2D eigenvalue weighted by Gasteiger charge is 2.16. The number of rotatable bonds is 6. The first kappa shape index (κ1) is 13.7. The number of nitrogens with one attached hydrogen (secondary N) is 1. The number of aromatic nitrogens is 2. The van der Waals surface area contributed by atoms with Gasteiger partial charge < -0.3 is 15.2 Å². The molecule has 1 rings (SSSR count). The number of carbonyl (C=O) groups is 1. The molecule has 2 N–H and O–H groups in total. The van der Waals surface area contributed by atoms with Crippen molar-refractivity contribution in [3.05, 3.63) is 17.5 Å². The number of ether oxygens (including phenoxy) is 1. The van der Waals surface area contributed by atoms with Crippen LogP contribution in [-0.2, 0) is 11.8 Å². The third-order valence-electron chi connectivity index (χ3n) is 2.44. The van der Waals surface area contributed by atoms with E-state index in [1.165, 1.54) is 0 Å². The highest BCUT2D eigenvalue weighted by molar-refractivity contribution is 5.95. The summed E-state index contributed by atoms with van der Waals surface area (Å²) in [7, 11) is 3.33. The molecule has 0 fully saturated rings. The lowest BCUT2D eigenvalue weighted by atomic mass is 10.2. The number of aliphatic hydroxyl groups excluding tert-OH is 1. The van der Waals surface area contributed by atoms with E-state index >= 15 is 0 Å². The summed E-state index contributed by atoms with van der Waals surface area (Å²) in [6.07, 6.45) is 2.15. The monoisotopic (exact) mass is 241 g/mol. The molecule has 6 heteroatoms. The summed E-state index contributed by atoms with van der Waals surface area (Å²) in [5, 5.41) is 15.8. The Morgan fingerprint density at radius 1 is 1.71 bits per heavy atom. The molecule has 1 unspecified atom stereocenters. The van der Waals surface area contributed by atoms with Crippen LogP contribution < -0.4 is 5.32 Å². The Balaban J connectivity index is 2.66. The molecule has 6 nitrogen and oxygen atoms in total. The Morgan fingerprint density at radius 2 is 2.41 bits per heavy atom. The van der Waals surface area contributed by atoms with E-state index in [1.54, 1.807) is 32.0 Å². The molecule has 0 bridgehead atoms. The van der Waals surface area contributed by atoms with Gasteiger partial charge in [-0.05, 0) is 13.3 Å². The van der Waals surface area contributed by atoms with Gasteiger partial charge in [0.25, 0.3) is 5.91 Å². The molecule has 0 saturated carbocycles. The van der Waals surface area contributed by atoms with Crippen molar-refractivity contribution in [1.29, 1.82) is 0 Å². The van der Waals surface area contributed by atoms with Crippen molar-refractivity contribution in [2.75, 3.05) is 20.3 Å². The van der Waals surface area contributed by atoms with Gasteiger partial charge in [-0.3, -0.25) is 9.48 Å². The molecule has 0 saturated heterocycles. The second-order valence-corrected chi connectivity index (χ2v) is 3.94. The molecule has 1 heterocycles. The molecule has 1 aromatic heterocycles. The molecule has 0 spiro atoms. The lowest BCUT2D eigenvalue weighted by Gasteiger charge is -2.16. The van der Waals surface area contributed by atoms with Gasteiger partial charge in [0.05, 0.1) is 23.9 Å². The van der Waals surface area contributed by atoms with Crippen molar-refractivity contribution in [1.82, 2.24) is 15.1 Å². The van der Waals surface area contributed by atoms with Crippen LogP contribution in [0.2, 0.25) is 0 Å². The first-order valence-electron chi connectivity index (χ1n) is 5.49. The zero-order chi connectivity index (χ0) is 12.8. The Bertz CT molecular complexity index is 370. The van der Waals surface area contributed by atoms with Crippen molar-refractivity contribution < 1.29 is 14.6 Å². The van der Waals surface area contributed by atoms with Crippen LogP contribution in [0.1, 0.15) is 22.5 Å². The van der Waals surface area contributed by atoms with E-state index in [0.29, 0.717) is 24.3 Å². The second-order valence-electron chi connectivity index (χ2n) is 3.94. The van der Waals surface area contributed by atoms with E-state index in [4.69, 9.17) is 9.84 Å². The topological polar surface area (TPSA) is 76.4 Å². The fraction of sp³-hybridized carbons (Fsp3) is 0.636. The second kappa shape index (κ2) is 6.36. The minimum atomic E-state index is -0.189. The van der Waals surface area contributed by atoms with E-state index in [0.717, 1.165) is 0 Å². The maximum absolute atomic E-state index is 11.9. The summed E-state index contributed by atoms with van der Waals surface area (Å²) in [4.78, 5) is 11.9. The van der Waals surface area contributed by atoms with Gasteiger partial charge in [-0.15, -0.1) is 0 Å². The maximum Gasteiger partial charge on any atom is 0.255 e. The van der Waals surface area contributed by atoms with Crippen LogP contribution in [0, 0.1) is 6.92 Å². The van der Waals surface area contributed by atoms with Gasteiger partial charge in [-0.25, -0.2) is 0 Å². The predicted octanol–water partition coefficient (Wildman–Crippen LogP) is -0.144. The average molecular weight is 241 g/mol. The largest absolute Gasteiger partial charge is 0.396 e. The molecule has 96 valence electrons. The van der Waals surface area contributed by atoms with Crippen LogP contribution in [0.4, 0.5) is 0 Å². The summed E-state index contributed by atoms with van der Waals surface area (Å²) in [5.41, 5.74) is 1.23. The predicted molar refractivity (Wildman–Crippen MR) is 62.8 cm³/mol. The molecule has 17 heavy (non-hydrogen) atoms. The molecule has 1 aromatic rings. The molecule has 0 aromatic carbocycles. The standard InChI is InChI=1S/C11H19N3O3/c1-8-10(6-14(2)13-8)11(16)12-9(4-5-15)7-17-3/h6,9,15H,4-5,7H2,1-3H3,(H,12,16). The number of methoxy groups -OCH3 is 1. The van der Waals surface area contributed by atoms with Crippen molar-refractivity contribution >= 4 is 5.91 Å². The van der Waals surface area contributed by atoms with E-state index < -0.39 is 0 Å². The average Bonchev–Trinajstić information content (AvgIpc) is 2.58. The van der Waals surface area contributed by atoms with Gasteiger partial charge in [0, 0.05) is 27.0 Å². The summed E-state index contributed by atoms with van der Waals surface area (Å²) >= 11 is 0. The molecule has 0 aliphatic carbocycles. The summed E-state index contributed by atoms with van der Waals surface area (Å²) < 4.78 is 6.58. The Labute approximate surface area is 101 Å². The molecule has 1 amide bonds. The molecule has 0 radical (unpaired) electrons. The highest BCUT2D eigenvalue weighted by Crippen LogP contribution is 2.05. The van der Waals surface area contributed by atoms with E-state index in [2.05, 4.69) is 10.4 Å². The SMILES string of the molecule is COCC(CCO)NC(=O)c1cn(C)nc1C. The van der Waals surface area contributed by atoms with Gasteiger partial charge in [0.1, 0.15) is 0 Å². The number of aliphatic hydroxyl groups is 1. The number of aryl methyl sites for hydroxylation is 2. The summed E-state index contributed by atoms with van der Waals surface area (Å²) in [6, 6.07) is -0.183. The number of amides is 1. The van der Waals surface area contributed by atoms with Crippen LogP contribution in [0.3, 0.4) is 0 Å². The molecule has 0 aliphatic heterocycles. The van der Waals surface area contributed by atoms with Gasteiger partial charge in [-0.1, -0.05) is 0 Å². The van der Waals surface area contributed by atoms with Gasteiger partial charge in [-0.2, -0.15) is 5.10 Å². The fourth-order valence-corrected chi connectivity index (χ4v) is 1.64. The zero-order valence-electron chi connectivity index (χ0n) is 10.4. The third-order valence-corrected chi connectivity index (χ3v) is 2.44. The van der Waals surface area contributed by atoms with Crippen LogP contribution in [-0.4, -0.2) is 47.2 Å². The van der Waals surface area contributed by atoms with Crippen molar-refractivity contribution in [2.24, 2.45) is 7.05 Å². The Hall–Kier alpha value is -1.40. The van der Waals surface area contributed by atoms with E-state index in [1.807, 2.05) is 0 Å². The highest BCUT2D eigenvalue weighted by atomic mass is 16.5. The molecule has 1 atom stereocenters. The summed E-state index contributed by atoms with van der Waals surface area (Å²) in [6.45, 7) is 2.18. The number of hydrogen-bond donors (Lipinski definition) is 2. The smallest absolute Gasteiger partial charge is 0.255 e. The van der Waals surface area contributed by atoms with E-state index in [-0.39, 0.29) is 18.6 Å². The Morgan fingerprint density at radius 3 is 2.88 bits per heavy atom. The first-order valence-corrected chi connectivity index (χ1v) is 5.49.